The van der Waals surface area contributed by atoms with Crippen LogP contribution in [-0.4, -0.2) is 33.5 Å². The molecule has 5 heteroatoms. The molecule has 3 rings (SSSR count). The highest BCUT2D eigenvalue weighted by molar-refractivity contribution is 7.86. The number of ether oxygens (including phenoxy) is 1. The summed E-state index contributed by atoms with van der Waals surface area (Å²) in [6, 6.07) is 0. The number of rotatable bonds is 2. The van der Waals surface area contributed by atoms with Gasteiger partial charge in [0.1, 0.15) is 6.10 Å². The van der Waals surface area contributed by atoms with Crippen LogP contribution in [-0.2, 0) is 19.0 Å². The molecule has 0 spiro atoms. The molecule has 4 nitrogen and oxygen atoms in total. The molecule has 5 atom stereocenters. The molecule has 0 aromatic carbocycles. The van der Waals surface area contributed by atoms with Crippen LogP contribution in [0.15, 0.2) is 0 Å². The van der Waals surface area contributed by atoms with Crippen molar-refractivity contribution in [3.63, 3.8) is 0 Å². The van der Waals surface area contributed by atoms with Crippen molar-refractivity contribution in [3.05, 3.63) is 0 Å². The lowest BCUT2D eigenvalue weighted by molar-refractivity contribution is 0.0218. The molecule has 0 amide bonds. The van der Waals surface area contributed by atoms with E-state index < -0.39 is 10.1 Å². The van der Waals surface area contributed by atoms with Crippen LogP contribution in [0.4, 0.5) is 0 Å². The minimum absolute atomic E-state index is 0.0391. The summed E-state index contributed by atoms with van der Waals surface area (Å²) in [5.41, 5.74) is 0. The van der Waals surface area contributed by atoms with Gasteiger partial charge < -0.3 is 4.74 Å². The second-order valence-electron chi connectivity index (χ2n) is 5.05. The molecule has 0 radical (unpaired) electrons. The van der Waals surface area contributed by atoms with E-state index in [0.717, 1.165) is 19.3 Å². The van der Waals surface area contributed by atoms with Crippen molar-refractivity contribution < 1.29 is 17.3 Å². The number of hydrogen-bond acceptors (Lipinski definition) is 4. The Balaban J connectivity index is 1.79. The quantitative estimate of drug-likeness (QED) is 0.660. The zero-order valence-corrected chi connectivity index (χ0v) is 9.57. The fraction of sp³-hybridized carbons (Fsp3) is 1.00. The molecule has 1 aliphatic heterocycles. The van der Waals surface area contributed by atoms with Crippen LogP contribution in [0.25, 0.3) is 0 Å². The molecular formula is C10H16O4S. The van der Waals surface area contributed by atoms with E-state index in [1.54, 1.807) is 0 Å². The Bertz CT molecular complexity index is 364. The Morgan fingerprint density at radius 1 is 1.27 bits per heavy atom. The molecule has 3 aliphatic rings. The Labute approximate surface area is 90.1 Å². The maximum Gasteiger partial charge on any atom is 0.264 e. The topological polar surface area (TPSA) is 52.6 Å². The maximum absolute atomic E-state index is 11.1. The van der Waals surface area contributed by atoms with E-state index in [1.165, 1.54) is 12.8 Å². The fourth-order valence-electron chi connectivity index (χ4n) is 3.66. The van der Waals surface area contributed by atoms with Crippen molar-refractivity contribution >= 4 is 10.1 Å². The summed E-state index contributed by atoms with van der Waals surface area (Å²) in [5.74, 6) is 1.86. The van der Waals surface area contributed by atoms with E-state index >= 15 is 0 Å². The van der Waals surface area contributed by atoms with E-state index in [-0.39, 0.29) is 12.2 Å². The highest BCUT2D eigenvalue weighted by Crippen LogP contribution is 2.53. The summed E-state index contributed by atoms with van der Waals surface area (Å²) in [4.78, 5) is 0. The fourth-order valence-corrected chi connectivity index (χ4v) is 4.29. The van der Waals surface area contributed by atoms with Crippen molar-refractivity contribution in [1.82, 2.24) is 0 Å². The lowest BCUT2D eigenvalue weighted by Gasteiger charge is -2.17. The van der Waals surface area contributed by atoms with Gasteiger partial charge >= 0.3 is 0 Å². The molecule has 15 heavy (non-hydrogen) atoms. The van der Waals surface area contributed by atoms with Gasteiger partial charge in [-0.2, -0.15) is 8.42 Å². The molecule has 2 aliphatic carbocycles. The van der Waals surface area contributed by atoms with Gasteiger partial charge in [-0.15, -0.1) is 0 Å². The van der Waals surface area contributed by atoms with Gasteiger partial charge in [0.25, 0.3) is 10.1 Å². The summed E-state index contributed by atoms with van der Waals surface area (Å²) >= 11 is 0. The molecule has 3 fully saturated rings. The maximum atomic E-state index is 11.1. The lowest BCUT2D eigenvalue weighted by Crippen LogP contribution is -2.28. The first kappa shape index (κ1) is 10.1. The minimum atomic E-state index is -3.34. The summed E-state index contributed by atoms with van der Waals surface area (Å²) in [5, 5.41) is 0. The van der Waals surface area contributed by atoms with E-state index in [4.69, 9.17) is 8.92 Å². The first-order valence-electron chi connectivity index (χ1n) is 5.54. The Hall–Kier alpha value is -0.130. The third-order valence-corrected chi connectivity index (χ3v) is 4.68. The van der Waals surface area contributed by atoms with Crippen LogP contribution in [0.3, 0.4) is 0 Å². The smallest absolute Gasteiger partial charge is 0.264 e. The van der Waals surface area contributed by atoms with Crippen LogP contribution in [0.5, 0.6) is 0 Å². The third-order valence-electron chi connectivity index (χ3n) is 4.08. The van der Waals surface area contributed by atoms with E-state index in [2.05, 4.69) is 0 Å². The Kier molecular flexibility index (Phi) is 2.13. The predicted octanol–water partition coefficient (Wildman–Crippen LogP) is 0.776. The van der Waals surface area contributed by atoms with Gasteiger partial charge in [0.15, 0.2) is 0 Å². The molecule has 0 aromatic heterocycles. The highest BCUT2D eigenvalue weighted by atomic mass is 32.2. The van der Waals surface area contributed by atoms with Gasteiger partial charge in [-0.05, 0) is 37.0 Å². The molecule has 0 unspecified atom stereocenters. The summed E-state index contributed by atoms with van der Waals surface area (Å²) in [6.07, 6.45) is 4.26. The molecule has 2 saturated carbocycles. The standard InChI is InChI=1S/C10H16O4S/c1-15(11,12)14-8-4-6-2-3-7-5-13-10(8)9(6)7/h6-10H,2-5H2,1H3/t6-,7+,8-,9+,10+/m1/s1. The molecule has 0 aromatic rings. The Morgan fingerprint density at radius 3 is 2.73 bits per heavy atom. The first-order valence-corrected chi connectivity index (χ1v) is 7.36. The third kappa shape index (κ3) is 1.61. The van der Waals surface area contributed by atoms with Gasteiger partial charge in [0.2, 0.25) is 0 Å². The predicted molar refractivity (Wildman–Crippen MR) is 53.8 cm³/mol. The molecule has 86 valence electrons. The average Bonchev–Trinajstić information content (AvgIpc) is 2.66. The monoisotopic (exact) mass is 232 g/mol. The summed E-state index contributed by atoms with van der Waals surface area (Å²) in [6.45, 7) is 0.801. The van der Waals surface area contributed by atoms with E-state index in [1.807, 2.05) is 0 Å². The highest BCUT2D eigenvalue weighted by Gasteiger charge is 2.55. The minimum Gasteiger partial charge on any atom is -0.375 e. The largest absolute Gasteiger partial charge is 0.375 e. The lowest BCUT2D eigenvalue weighted by atomic mass is 9.94. The zero-order chi connectivity index (χ0) is 10.6. The molecule has 1 saturated heterocycles. The second kappa shape index (κ2) is 3.18. The van der Waals surface area contributed by atoms with Gasteiger partial charge in [0, 0.05) is 0 Å². The van der Waals surface area contributed by atoms with Gasteiger partial charge in [-0.1, -0.05) is 0 Å². The van der Waals surface area contributed by atoms with Crippen molar-refractivity contribution in [2.75, 3.05) is 12.9 Å². The van der Waals surface area contributed by atoms with Crippen LogP contribution in [0.1, 0.15) is 19.3 Å². The van der Waals surface area contributed by atoms with Gasteiger partial charge in [-0.3, -0.25) is 4.18 Å². The van der Waals surface area contributed by atoms with Crippen LogP contribution < -0.4 is 0 Å². The van der Waals surface area contributed by atoms with Crippen molar-refractivity contribution in [2.24, 2.45) is 17.8 Å². The molecular weight excluding hydrogens is 216 g/mol. The number of hydrogen-bond donors (Lipinski definition) is 0. The van der Waals surface area contributed by atoms with Crippen LogP contribution in [0, 0.1) is 17.8 Å². The summed E-state index contributed by atoms with van der Waals surface area (Å²) in [7, 11) is -3.34. The first-order chi connectivity index (χ1) is 7.04. The second-order valence-corrected chi connectivity index (χ2v) is 6.65. The van der Waals surface area contributed by atoms with E-state index in [0.29, 0.717) is 17.8 Å². The van der Waals surface area contributed by atoms with Crippen LogP contribution in [0.2, 0.25) is 0 Å². The van der Waals surface area contributed by atoms with Crippen LogP contribution >= 0.6 is 0 Å². The Morgan fingerprint density at radius 2 is 2.00 bits per heavy atom. The van der Waals surface area contributed by atoms with Gasteiger partial charge in [-0.25, -0.2) is 0 Å². The molecule has 0 bridgehead atoms. The molecule has 1 heterocycles. The normalized spacial score (nSPS) is 48.5. The summed E-state index contributed by atoms with van der Waals surface area (Å²) < 4.78 is 33.0. The zero-order valence-electron chi connectivity index (χ0n) is 8.76. The van der Waals surface area contributed by atoms with E-state index in [9.17, 15) is 8.42 Å². The van der Waals surface area contributed by atoms with Gasteiger partial charge in [0.05, 0.1) is 19.0 Å². The van der Waals surface area contributed by atoms with Crippen molar-refractivity contribution in [2.45, 2.75) is 31.5 Å². The average molecular weight is 232 g/mol. The van der Waals surface area contributed by atoms with Crippen molar-refractivity contribution in [1.29, 1.82) is 0 Å². The molecule has 0 N–H and O–H groups in total. The SMILES string of the molecule is CS(=O)(=O)O[C@@H]1C[C@H]2CC[C@H]3CO[C@@H]1[C@@H]23. The van der Waals surface area contributed by atoms with Crippen molar-refractivity contribution in [3.8, 4) is 0 Å².